The summed E-state index contributed by atoms with van der Waals surface area (Å²) in [5.41, 5.74) is 0.593. The monoisotopic (exact) mass is 473 g/mol. The van der Waals surface area contributed by atoms with Gasteiger partial charge in [0.25, 0.3) is 0 Å². The number of carbonyl (C=O) groups is 1. The van der Waals surface area contributed by atoms with Gasteiger partial charge >= 0.3 is 0 Å². The molecule has 1 aromatic heterocycles. The highest BCUT2D eigenvalue weighted by atomic mass is 79.9. The molecule has 1 aliphatic heterocycles. The summed E-state index contributed by atoms with van der Waals surface area (Å²) >= 11 is 10.9. The van der Waals surface area contributed by atoms with Crippen molar-refractivity contribution in [2.24, 2.45) is 0 Å². The number of aromatic nitrogens is 3. The molecule has 1 aliphatic rings. The predicted molar refractivity (Wildman–Crippen MR) is 110 cm³/mol. The van der Waals surface area contributed by atoms with Crippen LogP contribution in [0.5, 0.6) is 0 Å². The Balaban J connectivity index is 1.57. The zero-order valence-electron chi connectivity index (χ0n) is 15.0. The van der Waals surface area contributed by atoms with Gasteiger partial charge < -0.3 is 14.6 Å². The normalized spacial score (nSPS) is 15.1. The van der Waals surface area contributed by atoms with E-state index >= 15 is 0 Å². The smallest absolute Gasteiger partial charge is 0.234 e. The third-order valence-corrected chi connectivity index (χ3v) is 5.89. The molecule has 10 heteroatoms. The maximum atomic E-state index is 12.3. The van der Waals surface area contributed by atoms with Crippen molar-refractivity contribution in [2.45, 2.75) is 25.2 Å². The molecule has 27 heavy (non-hydrogen) atoms. The fourth-order valence-electron chi connectivity index (χ4n) is 2.73. The number of nitrogens with zero attached hydrogens (tertiary/aromatic N) is 4. The molecule has 0 unspecified atom stereocenters. The Labute approximate surface area is 175 Å². The fraction of sp³-hybridized carbons (Fsp3) is 0.471. The molecule has 1 amide bonds. The first-order valence-corrected chi connectivity index (χ1v) is 10.8. The minimum absolute atomic E-state index is 0.135. The Morgan fingerprint density at radius 2 is 2.15 bits per heavy atom. The fourth-order valence-corrected chi connectivity index (χ4v) is 4.27. The number of anilines is 1. The van der Waals surface area contributed by atoms with Crippen LogP contribution in [0.15, 0.2) is 27.8 Å². The van der Waals surface area contributed by atoms with Crippen LogP contribution in [0.1, 0.15) is 12.7 Å². The topological polar surface area (TPSA) is 72.3 Å². The van der Waals surface area contributed by atoms with Crippen LogP contribution in [0.2, 0.25) is 5.02 Å². The van der Waals surface area contributed by atoms with E-state index in [2.05, 4.69) is 47.8 Å². The maximum Gasteiger partial charge on any atom is 0.234 e. The molecule has 1 fully saturated rings. The molecule has 7 nitrogen and oxygen atoms in total. The number of hydrogen-bond donors (Lipinski definition) is 1. The first-order chi connectivity index (χ1) is 13.1. The predicted octanol–water partition coefficient (Wildman–Crippen LogP) is 3.28. The molecular weight excluding hydrogens is 454 g/mol. The van der Waals surface area contributed by atoms with E-state index in [1.54, 1.807) is 12.1 Å². The summed E-state index contributed by atoms with van der Waals surface area (Å²) in [4.78, 5) is 14.6. The first-order valence-electron chi connectivity index (χ1n) is 8.66. The van der Waals surface area contributed by atoms with Crippen molar-refractivity contribution in [1.29, 1.82) is 0 Å². The summed E-state index contributed by atoms with van der Waals surface area (Å²) in [5, 5.41) is 12.7. The van der Waals surface area contributed by atoms with Gasteiger partial charge in [-0.15, -0.1) is 10.2 Å². The van der Waals surface area contributed by atoms with Gasteiger partial charge in [-0.1, -0.05) is 39.3 Å². The van der Waals surface area contributed by atoms with Crippen molar-refractivity contribution in [1.82, 2.24) is 19.7 Å². The number of nitrogens with one attached hydrogen (secondary N) is 1. The Hall–Kier alpha value is -1.13. The Bertz CT molecular complexity index is 798. The van der Waals surface area contributed by atoms with Gasteiger partial charge in [-0.2, -0.15) is 0 Å². The van der Waals surface area contributed by atoms with Crippen LogP contribution < -0.4 is 5.32 Å². The number of carbonyl (C=O) groups excluding carboxylic acids is 1. The van der Waals surface area contributed by atoms with Crippen LogP contribution >= 0.6 is 39.3 Å². The number of ether oxygens (including phenoxy) is 1. The zero-order valence-corrected chi connectivity index (χ0v) is 18.1. The van der Waals surface area contributed by atoms with Crippen molar-refractivity contribution >= 4 is 50.9 Å². The molecule has 0 aliphatic carbocycles. The molecule has 0 radical (unpaired) electrons. The van der Waals surface area contributed by atoms with Gasteiger partial charge in [-0.3, -0.25) is 9.69 Å². The molecule has 0 bridgehead atoms. The highest BCUT2D eigenvalue weighted by molar-refractivity contribution is 9.10. The largest absolute Gasteiger partial charge is 0.379 e. The van der Waals surface area contributed by atoms with E-state index in [9.17, 15) is 4.79 Å². The van der Waals surface area contributed by atoms with Crippen molar-refractivity contribution < 1.29 is 9.53 Å². The number of halogens is 2. The molecule has 0 saturated carbocycles. The van der Waals surface area contributed by atoms with Crippen molar-refractivity contribution in [3.63, 3.8) is 0 Å². The van der Waals surface area contributed by atoms with Gasteiger partial charge in [0.05, 0.1) is 36.2 Å². The summed E-state index contributed by atoms with van der Waals surface area (Å²) in [6, 6.07) is 5.35. The van der Waals surface area contributed by atoms with E-state index in [1.807, 2.05) is 6.07 Å². The quantitative estimate of drug-likeness (QED) is 0.621. The number of benzene rings is 1. The summed E-state index contributed by atoms with van der Waals surface area (Å²) in [7, 11) is 0. The average Bonchev–Trinajstić information content (AvgIpc) is 3.04. The molecule has 1 aromatic carbocycles. The summed E-state index contributed by atoms with van der Waals surface area (Å²) < 4.78 is 8.30. The summed E-state index contributed by atoms with van der Waals surface area (Å²) in [6.45, 7) is 6.85. The molecular formula is C17H21BrClN5O2S. The van der Waals surface area contributed by atoms with Gasteiger partial charge in [-0.25, -0.2) is 0 Å². The second kappa shape index (κ2) is 9.88. The maximum absolute atomic E-state index is 12.3. The number of morpholine rings is 1. The van der Waals surface area contributed by atoms with E-state index in [0.29, 0.717) is 10.7 Å². The Kier molecular flexibility index (Phi) is 7.54. The number of rotatable bonds is 7. The van der Waals surface area contributed by atoms with Gasteiger partial charge in [0, 0.05) is 24.1 Å². The lowest BCUT2D eigenvalue weighted by atomic mass is 10.3. The lowest BCUT2D eigenvalue weighted by molar-refractivity contribution is -0.113. The van der Waals surface area contributed by atoms with E-state index in [4.69, 9.17) is 16.3 Å². The highest BCUT2D eigenvalue weighted by Crippen LogP contribution is 2.26. The Morgan fingerprint density at radius 3 is 2.85 bits per heavy atom. The van der Waals surface area contributed by atoms with Crippen molar-refractivity contribution in [2.75, 3.05) is 37.4 Å². The molecule has 3 rings (SSSR count). The van der Waals surface area contributed by atoms with Crippen LogP contribution in [0.25, 0.3) is 0 Å². The summed E-state index contributed by atoms with van der Waals surface area (Å²) in [5.74, 6) is 1.02. The van der Waals surface area contributed by atoms with Crippen LogP contribution in [-0.2, 0) is 22.6 Å². The lowest BCUT2D eigenvalue weighted by Gasteiger charge is -2.26. The third kappa shape index (κ3) is 5.68. The van der Waals surface area contributed by atoms with Gasteiger partial charge in [0.15, 0.2) is 5.16 Å². The van der Waals surface area contributed by atoms with Crippen molar-refractivity contribution in [3.8, 4) is 0 Å². The van der Waals surface area contributed by atoms with E-state index < -0.39 is 0 Å². The molecule has 2 aromatic rings. The molecule has 0 spiro atoms. The average molecular weight is 475 g/mol. The molecule has 2 heterocycles. The number of hydrogen-bond acceptors (Lipinski definition) is 6. The first kappa shape index (κ1) is 20.6. The minimum Gasteiger partial charge on any atom is -0.379 e. The minimum atomic E-state index is -0.135. The highest BCUT2D eigenvalue weighted by Gasteiger charge is 2.18. The number of thioether (sulfide) groups is 1. The molecule has 0 atom stereocenters. The zero-order chi connectivity index (χ0) is 19.2. The van der Waals surface area contributed by atoms with Crippen molar-refractivity contribution in [3.05, 3.63) is 33.5 Å². The molecule has 1 N–H and O–H groups in total. The van der Waals surface area contributed by atoms with Crippen LogP contribution in [0, 0.1) is 0 Å². The molecule has 1 saturated heterocycles. The van der Waals surface area contributed by atoms with E-state index in [1.165, 1.54) is 11.8 Å². The second-order valence-electron chi connectivity index (χ2n) is 5.99. The van der Waals surface area contributed by atoms with E-state index in [0.717, 1.165) is 54.8 Å². The lowest BCUT2D eigenvalue weighted by Crippen LogP contribution is -2.36. The standard InChI is InChI=1S/C17H21BrClN5O2S/c1-2-24-15(10-23-5-7-26-8-6-23)21-22-17(24)27-11-16(25)20-14-4-3-12(18)9-13(14)19/h3-4,9H,2,5-8,10-11H2,1H3,(H,20,25). The van der Waals surface area contributed by atoms with Crippen LogP contribution in [0.3, 0.4) is 0 Å². The van der Waals surface area contributed by atoms with Gasteiger partial charge in [-0.05, 0) is 25.1 Å². The van der Waals surface area contributed by atoms with Gasteiger partial charge in [0.2, 0.25) is 5.91 Å². The Morgan fingerprint density at radius 1 is 1.37 bits per heavy atom. The van der Waals surface area contributed by atoms with E-state index in [-0.39, 0.29) is 11.7 Å². The second-order valence-corrected chi connectivity index (χ2v) is 8.26. The van der Waals surface area contributed by atoms with Gasteiger partial charge in [0.1, 0.15) is 5.82 Å². The third-order valence-electron chi connectivity index (χ3n) is 4.12. The SMILES string of the molecule is CCn1c(CN2CCOCC2)nnc1SCC(=O)Nc1ccc(Br)cc1Cl. The summed E-state index contributed by atoms with van der Waals surface area (Å²) in [6.07, 6.45) is 0. The van der Waals surface area contributed by atoms with Crippen LogP contribution in [0.4, 0.5) is 5.69 Å². The molecule has 146 valence electrons. The number of amides is 1. The van der Waals surface area contributed by atoms with Crippen LogP contribution in [-0.4, -0.2) is 57.6 Å².